The lowest BCUT2D eigenvalue weighted by atomic mass is 10.2. The maximum absolute atomic E-state index is 4.19. The van der Waals surface area contributed by atoms with Gasteiger partial charge in [0.15, 0.2) is 5.82 Å². The Balaban J connectivity index is 0.000000531. The quantitative estimate of drug-likeness (QED) is 0.740. The third kappa shape index (κ3) is 2.02. The van der Waals surface area contributed by atoms with E-state index in [0.717, 1.165) is 12.4 Å². The van der Waals surface area contributed by atoms with Gasteiger partial charge in [-0.05, 0) is 26.2 Å². The Hall–Kier alpha value is -0.990. The Kier molecular flexibility index (Phi) is 3.80. The molecule has 0 atom stereocenters. The van der Waals surface area contributed by atoms with Crippen molar-refractivity contribution in [2.24, 2.45) is 0 Å². The molecule has 0 amide bonds. The molecule has 0 radical (unpaired) electrons. The number of aromatic nitrogens is 2. The molecule has 3 nitrogen and oxygen atoms in total. The Bertz CT molecular complexity index is 258. The molecule has 0 bridgehead atoms. The highest BCUT2D eigenvalue weighted by molar-refractivity contribution is 5.48. The zero-order valence-electron chi connectivity index (χ0n) is 8.78. The van der Waals surface area contributed by atoms with E-state index in [9.17, 15) is 0 Å². The second-order valence-electron chi connectivity index (χ2n) is 2.91. The van der Waals surface area contributed by atoms with Gasteiger partial charge in [-0.2, -0.15) is 5.10 Å². The van der Waals surface area contributed by atoms with Crippen LogP contribution in [0.2, 0.25) is 0 Å². The molecule has 0 fully saturated rings. The summed E-state index contributed by atoms with van der Waals surface area (Å²) >= 11 is 0. The first-order valence-electron chi connectivity index (χ1n) is 5.21. The molecule has 1 aromatic heterocycles. The predicted octanol–water partition coefficient (Wildman–Crippen LogP) is 2.60. The molecule has 0 aromatic carbocycles. The van der Waals surface area contributed by atoms with E-state index in [2.05, 4.69) is 22.4 Å². The van der Waals surface area contributed by atoms with Crippen molar-refractivity contribution in [3.05, 3.63) is 11.3 Å². The van der Waals surface area contributed by atoms with Crippen molar-refractivity contribution in [2.75, 3.05) is 11.9 Å². The Morgan fingerprint density at radius 1 is 1.46 bits per heavy atom. The summed E-state index contributed by atoms with van der Waals surface area (Å²) in [7, 11) is 0. The summed E-state index contributed by atoms with van der Waals surface area (Å²) < 4.78 is 0. The fraction of sp³-hybridized carbons (Fsp3) is 0.700. The van der Waals surface area contributed by atoms with Crippen LogP contribution in [0.15, 0.2) is 0 Å². The van der Waals surface area contributed by atoms with Gasteiger partial charge in [0.1, 0.15) is 0 Å². The van der Waals surface area contributed by atoms with Crippen LogP contribution in [0, 0.1) is 0 Å². The zero-order valence-corrected chi connectivity index (χ0v) is 8.78. The van der Waals surface area contributed by atoms with Gasteiger partial charge in [-0.25, -0.2) is 0 Å². The fourth-order valence-electron chi connectivity index (χ4n) is 1.63. The number of H-pyrrole nitrogens is 1. The fourth-order valence-corrected chi connectivity index (χ4v) is 1.63. The second-order valence-corrected chi connectivity index (χ2v) is 2.91. The highest BCUT2D eigenvalue weighted by Crippen LogP contribution is 2.25. The Morgan fingerprint density at radius 3 is 2.92 bits per heavy atom. The van der Waals surface area contributed by atoms with Crippen LogP contribution in [0.25, 0.3) is 0 Å². The summed E-state index contributed by atoms with van der Waals surface area (Å²) in [5.74, 6) is 1.07. The van der Waals surface area contributed by atoms with Gasteiger partial charge in [0, 0.05) is 19.2 Å². The molecular formula is C10H21N3. The highest BCUT2D eigenvalue weighted by atomic mass is 15.2. The number of nitrogens with zero attached hydrogens (tertiary/aromatic N) is 1. The number of aryl methyl sites for hydroxylation is 1. The number of nitrogens with one attached hydrogen (secondary N) is 2. The van der Waals surface area contributed by atoms with Crippen LogP contribution in [-0.4, -0.2) is 16.7 Å². The van der Waals surface area contributed by atoms with Gasteiger partial charge >= 0.3 is 0 Å². The summed E-state index contributed by atoms with van der Waals surface area (Å²) in [6.45, 7) is 7.05. The SMILES string of the molecule is CC.CCNc1n[nH]c2c1CCC2.[HH]. The largest absolute Gasteiger partial charge is 0.369 e. The first-order chi connectivity index (χ1) is 6.42. The first-order valence-corrected chi connectivity index (χ1v) is 5.21. The van der Waals surface area contributed by atoms with Crippen molar-refractivity contribution in [1.82, 2.24) is 10.2 Å². The van der Waals surface area contributed by atoms with Crippen molar-refractivity contribution in [1.29, 1.82) is 0 Å². The average molecular weight is 183 g/mol. The Morgan fingerprint density at radius 2 is 2.23 bits per heavy atom. The van der Waals surface area contributed by atoms with Crippen LogP contribution in [0.3, 0.4) is 0 Å². The van der Waals surface area contributed by atoms with E-state index in [1.807, 2.05) is 13.8 Å². The van der Waals surface area contributed by atoms with E-state index in [4.69, 9.17) is 0 Å². The molecular weight excluding hydrogens is 162 g/mol. The average Bonchev–Trinajstić information content (AvgIpc) is 2.74. The van der Waals surface area contributed by atoms with Gasteiger partial charge < -0.3 is 5.32 Å². The van der Waals surface area contributed by atoms with Gasteiger partial charge in [0.05, 0.1) is 0 Å². The van der Waals surface area contributed by atoms with Gasteiger partial charge in [0.2, 0.25) is 0 Å². The standard InChI is InChI=1S/C8H13N3.C2H6.H2/c1-2-9-8-6-4-3-5-7(6)10-11-8;1-2;/h2-5H2,1H3,(H2,9,10,11);1-2H3;1H. The number of aromatic amines is 1. The minimum Gasteiger partial charge on any atom is -0.369 e. The summed E-state index contributed by atoms with van der Waals surface area (Å²) in [5.41, 5.74) is 2.74. The number of anilines is 1. The minimum atomic E-state index is 0. The molecule has 1 heterocycles. The van der Waals surface area contributed by atoms with Crippen LogP contribution in [0.1, 0.15) is 39.9 Å². The van der Waals surface area contributed by atoms with Crippen molar-refractivity contribution in [3.8, 4) is 0 Å². The molecule has 0 aliphatic heterocycles. The molecule has 3 heteroatoms. The molecule has 0 spiro atoms. The van der Waals surface area contributed by atoms with Crippen molar-refractivity contribution in [3.63, 3.8) is 0 Å². The molecule has 1 aliphatic rings. The van der Waals surface area contributed by atoms with Crippen molar-refractivity contribution < 1.29 is 1.43 Å². The molecule has 0 saturated carbocycles. The molecule has 0 unspecified atom stereocenters. The van der Waals surface area contributed by atoms with Crippen LogP contribution in [0.5, 0.6) is 0 Å². The number of rotatable bonds is 2. The summed E-state index contributed by atoms with van der Waals surface area (Å²) in [4.78, 5) is 0. The molecule has 2 rings (SSSR count). The second kappa shape index (κ2) is 4.90. The van der Waals surface area contributed by atoms with E-state index >= 15 is 0 Å². The molecule has 1 aromatic rings. The highest BCUT2D eigenvalue weighted by Gasteiger charge is 2.17. The van der Waals surface area contributed by atoms with Gasteiger partial charge in [-0.1, -0.05) is 13.8 Å². The number of hydrogen-bond acceptors (Lipinski definition) is 2. The lowest BCUT2D eigenvalue weighted by molar-refractivity contribution is 0.864. The smallest absolute Gasteiger partial charge is 0.151 e. The lowest BCUT2D eigenvalue weighted by Gasteiger charge is -1.98. The van der Waals surface area contributed by atoms with E-state index in [1.165, 1.54) is 30.5 Å². The third-order valence-electron chi connectivity index (χ3n) is 2.15. The Labute approximate surface area is 81.4 Å². The molecule has 13 heavy (non-hydrogen) atoms. The van der Waals surface area contributed by atoms with E-state index in [-0.39, 0.29) is 1.43 Å². The molecule has 76 valence electrons. The maximum Gasteiger partial charge on any atom is 0.151 e. The summed E-state index contributed by atoms with van der Waals surface area (Å²) in [5, 5.41) is 10.5. The molecule has 1 aliphatic carbocycles. The summed E-state index contributed by atoms with van der Waals surface area (Å²) in [6.07, 6.45) is 3.64. The lowest BCUT2D eigenvalue weighted by Crippen LogP contribution is -1.98. The van der Waals surface area contributed by atoms with E-state index in [1.54, 1.807) is 0 Å². The number of fused-ring (bicyclic) bond motifs is 1. The van der Waals surface area contributed by atoms with E-state index in [0.29, 0.717) is 0 Å². The predicted molar refractivity (Wildman–Crippen MR) is 58.2 cm³/mol. The first kappa shape index (κ1) is 10.1. The third-order valence-corrected chi connectivity index (χ3v) is 2.15. The van der Waals surface area contributed by atoms with Gasteiger partial charge in [-0.3, -0.25) is 5.10 Å². The number of hydrogen-bond donors (Lipinski definition) is 2. The summed E-state index contributed by atoms with van der Waals surface area (Å²) in [6, 6.07) is 0. The van der Waals surface area contributed by atoms with Crippen LogP contribution in [0.4, 0.5) is 5.82 Å². The molecule has 0 saturated heterocycles. The van der Waals surface area contributed by atoms with E-state index < -0.39 is 0 Å². The van der Waals surface area contributed by atoms with Crippen molar-refractivity contribution in [2.45, 2.75) is 40.0 Å². The molecule has 2 N–H and O–H groups in total. The van der Waals surface area contributed by atoms with Gasteiger partial charge in [-0.15, -0.1) is 0 Å². The monoisotopic (exact) mass is 183 g/mol. The van der Waals surface area contributed by atoms with Crippen LogP contribution < -0.4 is 5.32 Å². The topological polar surface area (TPSA) is 40.7 Å². The normalized spacial score (nSPS) is 13.2. The van der Waals surface area contributed by atoms with Crippen molar-refractivity contribution >= 4 is 5.82 Å². The zero-order chi connectivity index (χ0) is 9.68. The maximum atomic E-state index is 4.19. The minimum absolute atomic E-state index is 0. The van der Waals surface area contributed by atoms with Gasteiger partial charge in [0.25, 0.3) is 0 Å². The van der Waals surface area contributed by atoms with Crippen LogP contribution >= 0.6 is 0 Å². The van der Waals surface area contributed by atoms with Crippen LogP contribution in [-0.2, 0) is 12.8 Å².